The van der Waals surface area contributed by atoms with Crippen LogP contribution in [0.4, 0.5) is 0 Å². The van der Waals surface area contributed by atoms with E-state index in [1.165, 1.54) is 12.0 Å². The number of amides is 3. The molecule has 2 aliphatic rings. The predicted molar refractivity (Wildman–Crippen MR) is 111 cm³/mol. The summed E-state index contributed by atoms with van der Waals surface area (Å²) in [6, 6.07) is 10.9. The van der Waals surface area contributed by atoms with E-state index in [1.54, 1.807) is 18.2 Å². The van der Waals surface area contributed by atoms with Gasteiger partial charge in [0.05, 0.1) is 13.7 Å². The molecule has 2 aromatic carbocycles. The Morgan fingerprint density at radius 3 is 2.58 bits per heavy atom. The maximum Gasteiger partial charge on any atom is 0.353 e. The van der Waals surface area contributed by atoms with E-state index in [2.05, 4.69) is 28.5 Å². The van der Waals surface area contributed by atoms with E-state index < -0.39 is 11.9 Å². The van der Waals surface area contributed by atoms with Crippen molar-refractivity contribution in [2.75, 3.05) is 7.11 Å². The third-order valence-electron chi connectivity index (χ3n) is 5.35. The lowest BCUT2D eigenvalue weighted by Gasteiger charge is -2.18. The van der Waals surface area contributed by atoms with Crippen LogP contribution in [-0.2, 0) is 27.4 Å². The Morgan fingerprint density at radius 1 is 1.10 bits per heavy atom. The Bertz CT molecular complexity index is 1200. The van der Waals surface area contributed by atoms with Crippen molar-refractivity contribution in [1.82, 2.24) is 15.5 Å². The Labute approximate surface area is 178 Å². The van der Waals surface area contributed by atoms with Gasteiger partial charge in [-0.05, 0) is 40.5 Å². The second kappa shape index (κ2) is 7.56. The van der Waals surface area contributed by atoms with Crippen molar-refractivity contribution < 1.29 is 23.9 Å². The summed E-state index contributed by atoms with van der Waals surface area (Å²) < 4.78 is 4.50. The molecule has 8 nitrogen and oxygen atoms in total. The molecule has 0 aliphatic carbocycles. The minimum Gasteiger partial charge on any atom is -0.464 e. The Morgan fingerprint density at radius 2 is 1.84 bits per heavy atom. The fourth-order valence-corrected chi connectivity index (χ4v) is 3.73. The lowest BCUT2D eigenvalue weighted by atomic mass is 9.94. The molecular formula is C23H19N3O5. The minimum atomic E-state index is -0.788. The fraction of sp³-hybridized carbons (Fsp3) is 0.130. The molecule has 31 heavy (non-hydrogen) atoms. The third kappa shape index (κ3) is 3.38. The first kappa shape index (κ1) is 20.1. The number of nitrogens with one attached hydrogen (secondary N) is 2. The molecule has 156 valence electrons. The monoisotopic (exact) mass is 417 g/mol. The average Bonchev–Trinajstić information content (AvgIpc) is 3.32. The lowest BCUT2D eigenvalue weighted by molar-refractivity contribution is -0.137. The Balaban J connectivity index is 1.61. The highest BCUT2D eigenvalue weighted by molar-refractivity contribution is 6.08. The summed E-state index contributed by atoms with van der Waals surface area (Å²) >= 11 is 0. The number of carbonyl (C=O) groups excluding carboxylic acids is 4. The standard InChI is InChI=1S/C23H19N3O5/c1-12(23(30)31-3)25-20(27)13(2)26-11-19-16(5-4-6-18(19)22(26)29)14-7-8-17-15(9-14)10-24-21(17)28/h4-9H,1-2,10-11H2,3H3,(H,24,28)(H,25,27). The van der Waals surface area contributed by atoms with Gasteiger partial charge in [0, 0.05) is 17.7 Å². The second-order valence-electron chi connectivity index (χ2n) is 7.15. The number of rotatable bonds is 5. The summed E-state index contributed by atoms with van der Waals surface area (Å²) in [5, 5.41) is 5.08. The fourth-order valence-electron chi connectivity index (χ4n) is 3.73. The molecule has 0 atom stereocenters. The lowest BCUT2D eigenvalue weighted by Crippen LogP contribution is -2.36. The molecule has 0 aromatic heterocycles. The van der Waals surface area contributed by atoms with Gasteiger partial charge in [-0.15, -0.1) is 0 Å². The van der Waals surface area contributed by atoms with Crippen molar-refractivity contribution in [1.29, 1.82) is 0 Å². The highest BCUT2D eigenvalue weighted by Crippen LogP contribution is 2.35. The van der Waals surface area contributed by atoms with E-state index in [1.807, 2.05) is 18.2 Å². The van der Waals surface area contributed by atoms with Crippen molar-refractivity contribution in [2.45, 2.75) is 13.1 Å². The second-order valence-corrected chi connectivity index (χ2v) is 7.15. The molecule has 2 aliphatic heterocycles. The quantitative estimate of drug-likeness (QED) is 0.571. The van der Waals surface area contributed by atoms with Gasteiger partial charge >= 0.3 is 5.97 Å². The molecule has 4 rings (SSSR count). The highest BCUT2D eigenvalue weighted by Gasteiger charge is 2.34. The van der Waals surface area contributed by atoms with Crippen LogP contribution in [-0.4, -0.2) is 35.7 Å². The minimum absolute atomic E-state index is 0.1000. The first-order valence-corrected chi connectivity index (χ1v) is 9.44. The van der Waals surface area contributed by atoms with Crippen LogP contribution in [0.3, 0.4) is 0 Å². The molecule has 3 amide bonds. The van der Waals surface area contributed by atoms with E-state index in [0.717, 1.165) is 22.3 Å². The van der Waals surface area contributed by atoms with E-state index in [4.69, 9.17) is 0 Å². The van der Waals surface area contributed by atoms with Crippen LogP contribution in [0.5, 0.6) is 0 Å². The number of carbonyl (C=O) groups is 4. The summed E-state index contributed by atoms with van der Waals surface area (Å²) in [5.41, 5.74) is 4.11. The topological polar surface area (TPSA) is 105 Å². The smallest absolute Gasteiger partial charge is 0.353 e. The van der Waals surface area contributed by atoms with Crippen molar-refractivity contribution in [2.24, 2.45) is 0 Å². The van der Waals surface area contributed by atoms with E-state index in [0.29, 0.717) is 17.7 Å². The largest absolute Gasteiger partial charge is 0.464 e. The van der Waals surface area contributed by atoms with Gasteiger partial charge in [-0.2, -0.15) is 0 Å². The number of methoxy groups -OCH3 is 1. The number of esters is 1. The Hall–Kier alpha value is -4.20. The van der Waals surface area contributed by atoms with Gasteiger partial charge in [-0.1, -0.05) is 31.4 Å². The normalized spacial score (nSPS) is 13.9. The summed E-state index contributed by atoms with van der Waals surface area (Å²) in [4.78, 5) is 49.9. The summed E-state index contributed by atoms with van der Waals surface area (Å²) in [6.45, 7) is 7.77. The zero-order valence-corrected chi connectivity index (χ0v) is 16.8. The van der Waals surface area contributed by atoms with Crippen molar-refractivity contribution in [3.05, 3.63) is 83.2 Å². The molecule has 0 saturated heterocycles. The maximum absolute atomic E-state index is 12.9. The summed E-state index contributed by atoms with van der Waals surface area (Å²) in [5.74, 6) is -1.97. The van der Waals surface area contributed by atoms with Crippen LogP contribution in [0, 0.1) is 0 Å². The first-order chi connectivity index (χ1) is 14.8. The number of nitrogens with zero attached hydrogens (tertiary/aromatic N) is 1. The molecule has 0 unspecified atom stereocenters. The first-order valence-electron chi connectivity index (χ1n) is 9.44. The predicted octanol–water partition coefficient (Wildman–Crippen LogP) is 1.87. The number of hydrogen-bond donors (Lipinski definition) is 2. The molecule has 0 spiro atoms. The molecule has 2 heterocycles. The van der Waals surface area contributed by atoms with Crippen LogP contribution in [0.1, 0.15) is 31.8 Å². The van der Waals surface area contributed by atoms with Gasteiger partial charge in [0.2, 0.25) is 0 Å². The van der Waals surface area contributed by atoms with Crippen molar-refractivity contribution in [3.8, 4) is 11.1 Å². The van der Waals surface area contributed by atoms with Gasteiger partial charge in [-0.25, -0.2) is 4.79 Å². The van der Waals surface area contributed by atoms with E-state index in [-0.39, 0.29) is 29.8 Å². The van der Waals surface area contributed by atoms with Crippen LogP contribution in [0.15, 0.2) is 61.0 Å². The summed E-state index contributed by atoms with van der Waals surface area (Å²) in [6.07, 6.45) is 0. The Kier molecular flexibility index (Phi) is 4.90. The third-order valence-corrected chi connectivity index (χ3v) is 5.35. The number of fused-ring (bicyclic) bond motifs is 2. The zero-order chi connectivity index (χ0) is 22.3. The number of ether oxygens (including phenoxy) is 1. The summed E-state index contributed by atoms with van der Waals surface area (Å²) in [7, 11) is 1.17. The van der Waals surface area contributed by atoms with Gasteiger partial charge in [0.25, 0.3) is 17.7 Å². The molecule has 2 aromatic rings. The van der Waals surface area contributed by atoms with Crippen LogP contribution in [0.25, 0.3) is 11.1 Å². The molecule has 0 radical (unpaired) electrons. The SMILES string of the molecule is C=C(NC(=O)C(=C)N1Cc2c(cccc2-c2ccc3c(c2)CNC3=O)C1=O)C(=O)OC. The number of benzene rings is 2. The molecule has 0 bridgehead atoms. The zero-order valence-electron chi connectivity index (χ0n) is 16.8. The van der Waals surface area contributed by atoms with Crippen molar-refractivity contribution in [3.63, 3.8) is 0 Å². The van der Waals surface area contributed by atoms with E-state index in [9.17, 15) is 19.2 Å². The van der Waals surface area contributed by atoms with Crippen LogP contribution in [0.2, 0.25) is 0 Å². The molecule has 0 fully saturated rings. The van der Waals surface area contributed by atoms with Gasteiger partial charge in [-0.3, -0.25) is 19.3 Å². The average molecular weight is 417 g/mol. The van der Waals surface area contributed by atoms with E-state index >= 15 is 0 Å². The van der Waals surface area contributed by atoms with Crippen molar-refractivity contribution >= 4 is 23.7 Å². The molecule has 2 N–H and O–H groups in total. The van der Waals surface area contributed by atoms with Gasteiger partial charge < -0.3 is 15.4 Å². The maximum atomic E-state index is 12.9. The van der Waals surface area contributed by atoms with Crippen LogP contribution >= 0.6 is 0 Å². The van der Waals surface area contributed by atoms with Gasteiger partial charge in [0.15, 0.2) is 0 Å². The van der Waals surface area contributed by atoms with Crippen LogP contribution < -0.4 is 10.6 Å². The highest BCUT2D eigenvalue weighted by atomic mass is 16.5. The molecule has 0 saturated carbocycles. The molecule has 8 heteroatoms. The molecular weight excluding hydrogens is 398 g/mol. The number of hydrogen-bond acceptors (Lipinski definition) is 5. The van der Waals surface area contributed by atoms with Gasteiger partial charge in [0.1, 0.15) is 11.4 Å².